The molecule has 108 valence electrons. The average molecular weight is 367 g/mol. The van der Waals surface area contributed by atoms with E-state index in [0.29, 0.717) is 16.2 Å². The maximum atomic E-state index is 6.20. The molecule has 0 fully saturated rings. The van der Waals surface area contributed by atoms with Crippen molar-refractivity contribution < 1.29 is 4.42 Å². The molecule has 0 aliphatic heterocycles. The summed E-state index contributed by atoms with van der Waals surface area (Å²) in [6, 6.07) is 11.2. The van der Waals surface area contributed by atoms with Gasteiger partial charge in [-0.2, -0.15) is 0 Å². The number of benzene rings is 1. The minimum atomic E-state index is -0.136. The first-order valence-electron chi connectivity index (χ1n) is 6.44. The fourth-order valence-electron chi connectivity index (χ4n) is 2.20. The Hall–Kier alpha value is -1.56. The predicted molar refractivity (Wildman–Crippen MR) is 88.6 cm³/mol. The molecular formula is C15H13BrClN3O. The number of rotatable bonds is 4. The minimum Gasteiger partial charge on any atom is -0.452 e. The normalized spacial score (nSPS) is 12.5. The molecule has 3 aromatic rings. The number of hydrogen-bond acceptors (Lipinski definition) is 4. The fourth-order valence-corrected chi connectivity index (χ4v) is 2.74. The van der Waals surface area contributed by atoms with Crippen LogP contribution in [0.25, 0.3) is 10.9 Å². The Morgan fingerprint density at radius 2 is 2.14 bits per heavy atom. The van der Waals surface area contributed by atoms with Gasteiger partial charge in [0.25, 0.3) is 0 Å². The first kappa shape index (κ1) is 14.4. The number of aromatic nitrogens is 1. The van der Waals surface area contributed by atoms with Gasteiger partial charge in [-0.25, -0.2) is 0 Å². The summed E-state index contributed by atoms with van der Waals surface area (Å²) in [5.41, 5.74) is 7.54. The maximum absolute atomic E-state index is 6.20. The van der Waals surface area contributed by atoms with Crippen molar-refractivity contribution in [2.75, 3.05) is 11.9 Å². The summed E-state index contributed by atoms with van der Waals surface area (Å²) in [5.74, 6) is 0.767. The van der Waals surface area contributed by atoms with Crippen molar-refractivity contribution >= 4 is 44.1 Å². The van der Waals surface area contributed by atoms with Crippen LogP contribution in [0.5, 0.6) is 0 Å². The summed E-state index contributed by atoms with van der Waals surface area (Å²) in [5, 5.41) is 4.95. The molecule has 0 aliphatic carbocycles. The molecule has 3 N–H and O–H groups in total. The van der Waals surface area contributed by atoms with Gasteiger partial charge in [-0.1, -0.05) is 11.6 Å². The zero-order chi connectivity index (χ0) is 14.8. The molecule has 0 bridgehead atoms. The van der Waals surface area contributed by atoms with Crippen molar-refractivity contribution in [1.29, 1.82) is 0 Å². The maximum Gasteiger partial charge on any atom is 0.169 e. The van der Waals surface area contributed by atoms with E-state index in [1.807, 2.05) is 36.4 Å². The minimum absolute atomic E-state index is 0.136. The first-order chi connectivity index (χ1) is 10.2. The topological polar surface area (TPSA) is 64.1 Å². The highest BCUT2D eigenvalue weighted by atomic mass is 79.9. The van der Waals surface area contributed by atoms with E-state index >= 15 is 0 Å². The summed E-state index contributed by atoms with van der Waals surface area (Å²) < 4.78 is 6.25. The van der Waals surface area contributed by atoms with Crippen LogP contribution in [0.2, 0.25) is 5.02 Å². The Morgan fingerprint density at radius 3 is 2.86 bits per heavy atom. The molecule has 0 spiro atoms. The summed E-state index contributed by atoms with van der Waals surface area (Å²) in [7, 11) is 0. The van der Waals surface area contributed by atoms with E-state index in [9.17, 15) is 0 Å². The molecule has 0 saturated carbocycles. The lowest BCUT2D eigenvalue weighted by Gasteiger charge is -2.17. The van der Waals surface area contributed by atoms with Crippen LogP contribution in [0.4, 0.5) is 5.69 Å². The molecule has 21 heavy (non-hydrogen) atoms. The van der Waals surface area contributed by atoms with Crippen LogP contribution in [-0.2, 0) is 0 Å². The lowest BCUT2D eigenvalue weighted by molar-refractivity contribution is 0.463. The Kier molecular flexibility index (Phi) is 4.14. The van der Waals surface area contributed by atoms with E-state index in [2.05, 4.69) is 26.2 Å². The zero-order valence-corrected chi connectivity index (χ0v) is 13.4. The molecule has 0 amide bonds. The third-order valence-corrected chi connectivity index (χ3v) is 3.98. The molecule has 6 heteroatoms. The van der Waals surface area contributed by atoms with Gasteiger partial charge >= 0.3 is 0 Å². The SMILES string of the molecule is NCC(Nc1ccc(Cl)c2cccnc12)c1ccc(Br)o1. The van der Waals surface area contributed by atoms with Crippen LogP contribution in [-0.4, -0.2) is 11.5 Å². The quantitative estimate of drug-likeness (QED) is 0.720. The van der Waals surface area contributed by atoms with E-state index in [0.717, 1.165) is 22.4 Å². The number of pyridine rings is 1. The van der Waals surface area contributed by atoms with E-state index in [1.165, 1.54) is 0 Å². The Morgan fingerprint density at radius 1 is 1.29 bits per heavy atom. The standard InChI is InChI=1S/C15H13BrClN3O/c16-14-6-5-13(21-14)12(8-18)20-11-4-3-10(17)9-2-1-7-19-15(9)11/h1-7,12,20H,8,18H2. The number of hydrogen-bond donors (Lipinski definition) is 2. The molecule has 1 atom stereocenters. The molecular weight excluding hydrogens is 354 g/mol. The number of fused-ring (bicyclic) bond motifs is 1. The van der Waals surface area contributed by atoms with E-state index < -0.39 is 0 Å². The summed E-state index contributed by atoms with van der Waals surface area (Å²) in [6.07, 6.45) is 1.74. The summed E-state index contributed by atoms with van der Waals surface area (Å²) >= 11 is 9.50. The van der Waals surface area contributed by atoms with Crippen LogP contribution >= 0.6 is 27.5 Å². The van der Waals surface area contributed by atoms with Gasteiger partial charge in [0.1, 0.15) is 5.76 Å². The van der Waals surface area contributed by atoms with Crippen LogP contribution < -0.4 is 11.1 Å². The van der Waals surface area contributed by atoms with Gasteiger partial charge in [-0.3, -0.25) is 4.98 Å². The molecule has 0 aliphatic rings. The average Bonchev–Trinajstić information content (AvgIpc) is 2.93. The molecule has 1 aromatic carbocycles. The van der Waals surface area contributed by atoms with Crippen molar-refractivity contribution in [3.8, 4) is 0 Å². The monoisotopic (exact) mass is 365 g/mol. The number of halogens is 2. The van der Waals surface area contributed by atoms with Crippen LogP contribution in [0.3, 0.4) is 0 Å². The van der Waals surface area contributed by atoms with Crippen molar-refractivity contribution in [1.82, 2.24) is 4.98 Å². The highest BCUT2D eigenvalue weighted by molar-refractivity contribution is 9.10. The second kappa shape index (κ2) is 6.05. The van der Waals surface area contributed by atoms with Gasteiger partial charge in [0.05, 0.1) is 22.3 Å². The van der Waals surface area contributed by atoms with E-state index in [4.69, 9.17) is 21.8 Å². The van der Waals surface area contributed by atoms with Gasteiger partial charge in [0.2, 0.25) is 0 Å². The van der Waals surface area contributed by atoms with Crippen molar-refractivity contribution in [3.63, 3.8) is 0 Å². The first-order valence-corrected chi connectivity index (χ1v) is 7.61. The van der Waals surface area contributed by atoms with Gasteiger partial charge < -0.3 is 15.5 Å². The second-order valence-corrected chi connectivity index (χ2v) is 5.76. The molecule has 1 unspecified atom stereocenters. The predicted octanol–water partition coefficient (Wildman–Crippen LogP) is 4.36. The third-order valence-electron chi connectivity index (χ3n) is 3.22. The van der Waals surface area contributed by atoms with Crippen molar-refractivity contribution in [3.05, 3.63) is 58.0 Å². The Labute approximate surface area is 135 Å². The fraction of sp³-hybridized carbons (Fsp3) is 0.133. The van der Waals surface area contributed by atoms with Crippen molar-refractivity contribution in [2.45, 2.75) is 6.04 Å². The third kappa shape index (κ3) is 2.90. The molecule has 2 heterocycles. The van der Waals surface area contributed by atoms with E-state index in [1.54, 1.807) is 6.20 Å². The lowest BCUT2D eigenvalue weighted by atomic mass is 10.1. The number of anilines is 1. The van der Waals surface area contributed by atoms with Gasteiger partial charge in [0.15, 0.2) is 4.67 Å². The number of furan rings is 1. The van der Waals surface area contributed by atoms with Gasteiger partial charge in [-0.15, -0.1) is 0 Å². The number of nitrogens with two attached hydrogens (primary N) is 1. The Balaban J connectivity index is 1.99. The highest BCUT2D eigenvalue weighted by Crippen LogP contribution is 2.31. The van der Waals surface area contributed by atoms with Crippen LogP contribution in [0.1, 0.15) is 11.8 Å². The van der Waals surface area contributed by atoms with Crippen LogP contribution in [0.15, 0.2) is 51.7 Å². The summed E-state index contributed by atoms with van der Waals surface area (Å²) in [6.45, 7) is 0.400. The van der Waals surface area contributed by atoms with Crippen molar-refractivity contribution in [2.24, 2.45) is 5.73 Å². The molecule has 2 aromatic heterocycles. The zero-order valence-electron chi connectivity index (χ0n) is 11.0. The smallest absolute Gasteiger partial charge is 0.169 e. The highest BCUT2D eigenvalue weighted by Gasteiger charge is 2.15. The van der Waals surface area contributed by atoms with Crippen LogP contribution in [0, 0.1) is 0 Å². The van der Waals surface area contributed by atoms with Gasteiger partial charge in [-0.05, 0) is 52.3 Å². The molecule has 4 nitrogen and oxygen atoms in total. The number of nitrogens with zero attached hydrogens (tertiary/aromatic N) is 1. The number of nitrogens with one attached hydrogen (secondary N) is 1. The molecule has 0 radical (unpaired) electrons. The largest absolute Gasteiger partial charge is 0.452 e. The van der Waals surface area contributed by atoms with E-state index in [-0.39, 0.29) is 6.04 Å². The molecule has 0 saturated heterocycles. The van der Waals surface area contributed by atoms with Gasteiger partial charge in [0, 0.05) is 18.1 Å². The summed E-state index contributed by atoms with van der Waals surface area (Å²) in [4.78, 5) is 4.40. The second-order valence-electron chi connectivity index (χ2n) is 4.57. The molecule has 3 rings (SSSR count). The lowest BCUT2D eigenvalue weighted by Crippen LogP contribution is -2.20. The Bertz CT molecular complexity index is 774.